The van der Waals surface area contributed by atoms with Gasteiger partial charge in [0.1, 0.15) is 17.4 Å². The molecule has 1 aromatic heterocycles. The van der Waals surface area contributed by atoms with Gasteiger partial charge in [-0.15, -0.1) is 0 Å². The molecule has 1 heterocycles. The third-order valence-electron chi connectivity index (χ3n) is 3.23. The molecule has 1 aromatic carbocycles. The van der Waals surface area contributed by atoms with Crippen molar-refractivity contribution in [2.24, 2.45) is 5.92 Å². The minimum Gasteiger partial charge on any atom is -0.490 e. The Morgan fingerprint density at radius 3 is 3.06 bits per heavy atom. The first kappa shape index (κ1) is 11.1. The topological polar surface area (TPSA) is 61.6 Å². The Kier molecular flexibility index (Phi) is 2.66. The van der Waals surface area contributed by atoms with Crippen LogP contribution in [0.15, 0.2) is 29.0 Å². The molecule has 0 radical (unpaired) electrons. The van der Waals surface area contributed by atoms with Crippen LogP contribution in [-0.2, 0) is 9.53 Å². The summed E-state index contributed by atoms with van der Waals surface area (Å²) in [7, 11) is 1.41. The average Bonchev–Trinajstić information content (AvgIpc) is 2.79. The number of carbonyl (C=O) groups excluding carboxylic acids is 1. The fourth-order valence-corrected chi connectivity index (χ4v) is 2.12. The number of oxazole rings is 1. The summed E-state index contributed by atoms with van der Waals surface area (Å²) in [5.74, 6) is 0.585. The van der Waals surface area contributed by atoms with Crippen LogP contribution in [0.2, 0.25) is 0 Å². The van der Waals surface area contributed by atoms with Crippen molar-refractivity contribution >= 4 is 17.1 Å². The Hall–Kier alpha value is -2.04. The summed E-state index contributed by atoms with van der Waals surface area (Å²) in [6.45, 7) is 0. The number of aromatic nitrogens is 1. The van der Waals surface area contributed by atoms with Crippen molar-refractivity contribution in [3.05, 3.63) is 24.6 Å². The van der Waals surface area contributed by atoms with Crippen molar-refractivity contribution in [1.29, 1.82) is 0 Å². The minimum absolute atomic E-state index is 0.0178. The summed E-state index contributed by atoms with van der Waals surface area (Å²) >= 11 is 0. The van der Waals surface area contributed by atoms with Crippen molar-refractivity contribution in [2.75, 3.05) is 7.11 Å². The van der Waals surface area contributed by atoms with Crippen LogP contribution in [0.1, 0.15) is 12.8 Å². The molecule has 5 heteroatoms. The number of hydrogen-bond donors (Lipinski definition) is 0. The first-order valence-electron chi connectivity index (χ1n) is 5.84. The fourth-order valence-electron chi connectivity index (χ4n) is 2.12. The normalized spacial score (nSPS) is 22.5. The summed E-state index contributed by atoms with van der Waals surface area (Å²) < 4.78 is 15.6. The number of benzene rings is 1. The summed E-state index contributed by atoms with van der Waals surface area (Å²) in [5.41, 5.74) is 1.51. The van der Waals surface area contributed by atoms with E-state index in [1.54, 1.807) is 0 Å². The van der Waals surface area contributed by atoms with E-state index in [1.165, 1.54) is 13.5 Å². The molecule has 1 aliphatic rings. The lowest BCUT2D eigenvalue weighted by Gasteiger charge is -2.33. The van der Waals surface area contributed by atoms with Crippen LogP contribution in [0.3, 0.4) is 0 Å². The highest BCUT2D eigenvalue weighted by Crippen LogP contribution is 2.32. The van der Waals surface area contributed by atoms with Gasteiger partial charge in [0, 0.05) is 6.07 Å². The molecule has 0 unspecified atom stereocenters. The van der Waals surface area contributed by atoms with Gasteiger partial charge in [-0.25, -0.2) is 4.98 Å². The zero-order valence-electron chi connectivity index (χ0n) is 9.96. The van der Waals surface area contributed by atoms with E-state index < -0.39 is 0 Å². The van der Waals surface area contributed by atoms with Gasteiger partial charge in [-0.3, -0.25) is 4.79 Å². The molecule has 1 fully saturated rings. The summed E-state index contributed by atoms with van der Waals surface area (Å²) in [5, 5.41) is 0. The van der Waals surface area contributed by atoms with E-state index in [-0.39, 0.29) is 18.0 Å². The molecule has 1 aliphatic carbocycles. The van der Waals surface area contributed by atoms with Gasteiger partial charge in [0.2, 0.25) is 0 Å². The van der Waals surface area contributed by atoms with Crippen molar-refractivity contribution in [3.8, 4) is 5.75 Å². The van der Waals surface area contributed by atoms with Crippen molar-refractivity contribution < 1.29 is 18.7 Å². The van der Waals surface area contributed by atoms with Crippen molar-refractivity contribution in [3.63, 3.8) is 0 Å². The molecule has 0 atom stereocenters. The van der Waals surface area contributed by atoms with Gasteiger partial charge in [0.05, 0.1) is 13.0 Å². The van der Waals surface area contributed by atoms with Crippen molar-refractivity contribution in [1.82, 2.24) is 4.98 Å². The third-order valence-corrected chi connectivity index (χ3v) is 3.23. The second-order valence-electron chi connectivity index (χ2n) is 4.41. The molecule has 18 heavy (non-hydrogen) atoms. The maximum absolute atomic E-state index is 11.2. The van der Waals surface area contributed by atoms with Gasteiger partial charge in [0.25, 0.3) is 0 Å². The van der Waals surface area contributed by atoms with Crippen LogP contribution < -0.4 is 4.74 Å². The lowest BCUT2D eigenvalue weighted by atomic mass is 9.82. The zero-order chi connectivity index (χ0) is 12.5. The Labute approximate surface area is 104 Å². The molecule has 2 aromatic rings. The largest absolute Gasteiger partial charge is 0.490 e. The number of esters is 1. The molecule has 3 rings (SSSR count). The average molecular weight is 247 g/mol. The van der Waals surface area contributed by atoms with E-state index in [9.17, 15) is 4.79 Å². The number of nitrogens with zero attached hydrogens (tertiary/aromatic N) is 1. The van der Waals surface area contributed by atoms with E-state index in [4.69, 9.17) is 9.15 Å². The predicted octanol–water partition coefficient (Wildman–Crippen LogP) is 2.16. The second-order valence-corrected chi connectivity index (χ2v) is 4.41. The van der Waals surface area contributed by atoms with Gasteiger partial charge in [-0.05, 0) is 25.0 Å². The standard InChI is InChI=1S/C13H13NO4/c1-16-13(15)8-4-10(5-8)18-9-2-3-12-11(6-9)14-7-17-12/h2-3,6-8,10H,4-5H2,1H3/t8-,10+. The smallest absolute Gasteiger partial charge is 0.308 e. The molecule has 0 saturated heterocycles. The number of carbonyl (C=O) groups is 1. The van der Waals surface area contributed by atoms with Gasteiger partial charge in [-0.2, -0.15) is 0 Å². The molecular formula is C13H13NO4. The number of rotatable bonds is 3. The van der Waals surface area contributed by atoms with Gasteiger partial charge in [0.15, 0.2) is 12.0 Å². The molecular weight excluding hydrogens is 234 g/mol. The monoisotopic (exact) mass is 247 g/mol. The zero-order valence-corrected chi connectivity index (χ0v) is 9.96. The number of hydrogen-bond acceptors (Lipinski definition) is 5. The fraction of sp³-hybridized carbons (Fsp3) is 0.385. The molecule has 0 amide bonds. The van der Waals surface area contributed by atoms with Crippen LogP contribution in [0.4, 0.5) is 0 Å². The molecule has 0 bridgehead atoms. The molecule has 0 aliphatic heterocycles. The number of fused-ring (bicyclic) bond motifs is 1. The summed E-state index contributed by atoms with van der Waals surface area (Å²) in [4.78, 5) is 15.3. The third kappa shape index (κ3) is 1.92. The SMILES string of the molecule is COC(=O)[C@H]1C[C@@H](Oc2ccc3ocnc3c2)C1. The Balaban J connectivity index is 1.62. The highest BCUT2D eigenvalue weighted by Gasteiger charge is 2.36. The lowest BCUT2D eigenvalue weighted by molar-refractivity contribution is -0.151. The highest BCUT2D eigenvalue weighted by molar-refractivity contribution is 5.74. The molecule has 0 spiro atoms. The Morgan fingerprint density at radius 1 is 1.44 bits per heavy atom. The maximum Gasteiger partial charge on any atom is 0.308 e. The minimum atomic E-state index is -0.151. The van der Waals surface area contributed by atoms with Crippen LogP contribution in [-0.4, -0.2) is 24.2 Å². The molecule has 0 N–H and O–H groups in total. The van der Waals surface area contributed by atoms with Crippen LogP contribution in [0, 0.1) is 5.92 Å². The predicted molar refractivity (Wildman–Crippen MR) is 63.2 cm³/mol. The first-order chi connectivity index (χ1) is 8.76. The van der Waals surface area contributed by atoms with Crippen molar-refractivity contribution in [2.45, 2.75) is 18.9 Å². The van der Waals surface area contributed by atoms with E-state index in [0.717, 1.165) is 16.8 Å². The second kappa shape index (κ2) is 4.33. The molecule has 1 saturated carbocycles. The van der Waals surface area contributed by atoms with E-state index >= 15 is 0 Å². The molecule has 5 nitrogen and oxygen atoms in total. The number of ether oxygens (including phenoxy) is 2. The van der Waals surface area contributed by atoms with Gasteiger partial charge < -0.3 is 13.9 Å². The lowest BCUT2D eigenvalue weighted by Crippen LogP contribution is -2.38. The maximum atomic E-state index is 11.2. The van der Waals surface area contributed by atoms with E-state index in [1.807, 2.05) is 18.2 Å². The number of methoxy groups -OCH3 is 1. The Bertz CT molecular complexity index is 571. The van der Waals surface area contributed by atoms with Gasteiger partial charge >= 0.3 is 5.97 Å². The first-order valence-corrected chi connectivity index (χ1v) is 5.84. The van der Waals surface area contributed by atoms with E-state index in [2.05, 4.69) is 9.72 Å². The van der Waals surface area contributed by atoms with E-state index in [0.29, 0.717) is 12.8 Å². The quantitative estimate of drug-likeness (QED) is 0.778. The Morgan fingerprint density at radius 2 is 2.28 bits per heavy atom. The molecule has 94 valence electrons. The highest BCUT2D eigenvalue weighted by atomic mass is 16.5. The van der Waals surface area contributed by atoms with Crippen LogP contribution >= 0.6 is 0 Å². The summed E-state index contributed by atoms with van der Waals surface area (Å²) in [6, 6.07) is 5.51. The van der Waals surface area contributed by atoms with Crippen LogP contribution in [0.5, 0.6) is 5.75 Å². The van der Waals surface area contributed by atoms with Crippen LogP contribution in [0.25, 0.3) is 11.1 Å². The van der Waals surface area contributed by atoms with Gasteiger partial charge in [-0.1, -0.05) is 0 Å². The summed E-state index contributed by atoms with van der Waals surface area (Å²) in [6.07, 6.45) is 2.91.